The fraction of sp³-hybridized carbons (Fsp3) is 0.409. The predicted molar refractivity (Wildman–Crippen MR) is 106 cm³/mol. The number of nitrogens with one attached hydrogen (secondary N) is 1. The van der Waals surface area contributed by atoms with Gasteiger partial charge in [-0.25, -0.2) is 0 Å². The van der Waals surface area contributed by atoms with E-state index in [-0.39, 0.29) is 17.7 Å². The summed E-state index contributed by atoms with van der Waals surface area (Å²) in [7, 11) is 0. The molecule has 1 saturated heterocycles. The second kappa shape index (κ2) is 8.76. The van der Waals surface area contributed by atoms with E-state index in [1.54, 1.807) is 4.90 Å². The van der Waals surface area contributed by atoms with Crippen LogP contribution in [0.1, 0.15) is 27.0 Å². The van der Waals surface area contributed by atoms with Gasteiger partial charge in [-0.15, -0.1) is 13.2 Å². The van der Waals surface area contributed by atoms with Gasteiger partial charge in [-0.1, -0.05) is 12.1 Å². The fourth-order valence-electron chi connectivity index (χ4n) is 3.84. The third kappa shape index (κ3) is 5.29. The topological polar surface area (TPSA) is 60.0 Å². The van der Waals surface area contributed by atoms with E-state index < -0.39 is 6.36 Å². The van der Waals surface area contributed by atoms with Crippen molar-refractivity contribution in [3.05, 3.63) is 58.7 Å². The third-order valence-corrected chi connectivity index (χ3v) is 5.23. The van der Waals surface area contributed by atoms with Crippen molar-refractivity contribution >= 4 is 5.91 Å². The molecule has 9 heteroatoms. The summed E-state index contributed by atoms with van der Waals surface area (Å²) >= 11 is 0. The molecular weight excluding hydrogens is 413 g/mol. The number of amides is 1. The Morgan fingerprint density at radius 2 is 1.97 bits per heavy atom. The molecule has 2 heterocycles. The van der Waals surface area contributed by atoms with Crippen LogP contribution in [-0.2, 0) is 17.8 Å². The normalized spacial score (nSPS) is 18.8. The molecule has 2 aromatic carbocycles. The van der Waals surface area contributed by atoms with Crippen LogP contribution in [0.15, 0.2) is 36.4 Å². The number of rotatable bonds is 6. The van der Waals surface area contributed by atoms with E-state index in [0.717, 1.165) is 17.7 Å². The molecule has 1 atom stereocenters. The zero-order chi connectivity index (χ0) is 22.0. The van der Waals surface area contributed by atoms with Crippen molar-refractivity contribution in [2.45, 2.75) is 32.4 Å². The van der Waals surface area contributed by atoms with Crippen molar-refractivity contribution in [1.82, 2.24) is 10.2 Å². The molecule has 6 nitrogen and oxygen atoms in total. The van der Waals surface area contributed by atoms with Crippen LogP contribution in [-0.4, -0.2) is 49.6 Å². The highest BCUT2D eigenvalue weighted by Gasteiger charge is 2.32. The molecule has 4 rings (SSSR count). The van der Waals surface area contributed by atoms with Gasteiger partial charge in [-0.2, -0.15) is 0 Å². The van der Waals surface area contributed by atoms with Crippen LogP contribution in [0.4, 0.5) is 13.2 Å². The maximum Gasteiger partial charge on any atom is 0.573 e. The molecule has 0 radical (unpaired) electrons. The lowest BCUT2D eigenvalue weighted by molar-refractivity contribution is -0.274. The Hall–Kier alpha value is -2.78. The van der Waals surface area contributed by atoms with Crippen molar-refractivity contribution in [2.24, 2.45) is 0 Å². The van der Waals surface area contributed by atoms with E-state index in [2.05, 4.69) is 10.1 Å². The van der Waals surface area contributed by atoms with Crippen molar-refractivity contribution < 1.29 is 32.2 Å². The molecule has 1 N–H and O–H groups in total. The first-order chi connectivity index (χ1) is 14.8. The number of hydrogen-bond acceptors (Lipinski definition) is 5. The van der Waals surface area contributed by atoms with Crippen LogP contribution in [0.2, 0.25) is 0 Å². The van der Waals surface area contributed by atoms with Gasteiger partial charge in [0.1, 0.15) is 18.1 Å². The monoisotopic (exact) mass is 436 g/mol. The summed E-state index contributed by atoms with van der Waals surface area (Å²) in [5, 5.41) is 3.33. The average Bonchev–Trinajstić information content (AvgIpc) is 3.03. The molecule has 0 aromatic heterocycles. The maximum atomic E-state index is 12.9. The highest BCUT2D eigenvalue weighted by molar-refractivity contribution is 6.00. The molecule has 0 bridgehead atoms. The van der Waals surface area contributed by atoms with Crippen molar-refractivity contribution in [3.8, 4) is 11.5 Å². The van der Waals surface area contributed by atoms with Gasteiger partial charge >= 0.3 is 6.36 Å². The maximum absolute atomic E-state index is 12.9. The zero-order valence-electron chi connectivity index (χ0n) is 17.0. The predicted octanol–water partition coefficient (Wildman–Crippen LogP) is 3.42. The van der Waals surface area contributed by atoms with Crippen LogP contribution in [0.25, 0.3) is 0 Å². The van der Waals surface area contributed by atoms with E-state index in [4.69, 9.17) is 9.47 Å². The first-order valence-corrected chi connectivity index (χ1v) is 10.00. The van der Waals surface area contributed by atoms with Gasteiger partial charge in [-0.3, -0.25) is 4.79 Å². The van der Waals surface area contributed by atoms with Gasteiger partial charge in [-0.05, 0) is 47.9 Å². The van der Waals surface area contributed by atoms with E-state index in [0.29, 0.717) is 49.8 Å². The molecule has 1 unspecified atom stereocenters. The Bertz CT molecular complexity index is 941. The van der Waals surface area contributed by atoms with E-state index >= 15 is 0 Å². The van der Waals surface area contributed by atoms with Gasteiger partial charge in [0.25, 0.3) is 5.91 Å². The van der Waals surface area contributed by atoms with Crippen molar-refractivity contribution in [3.63, 3.8) is 0 Å². The van der Waals surface area contributed by atoms with Gasteiger partial charge in [0.2, 0.25) is 0 Å². The Morgan fingerprint density at radius 1 is 1.19 bits per heavy atom. The zero-order valence-corrected chi connectivity index (χ0v) is 17.0. The number of benzene rings is 2. The Morgan fingerprint density at radius 3 is 2.65 bits per heavy atom. The summed E-state index contributed by atoms with van der Waals surface area (Å²) < 4.78 is 52.2. The average molecular weight is 436 g/mol. The van der Waals surface area contributed by atoms with Crippen LogP contribution in [0, 0.1) is 6.92 Å². The smallest absolute Gasteiger partial charge is 0.492 e. The fourth-order valence-corrected chi connectivity index (χ4v) is 3.84. The SMILES string of the molecule is Cc1cc(OCC2COCCN2)cc2c1C(=O)N(Cc1ccc(OC(F)(F)F)cc1)C2. The van der Waals surface area contributed by atoms with E-state index in [1.807, 2.05) is 19.1 Å². The minimum atomic E-state index is -4.73. The third-order valence-electron chi connectivity index (χ3n) is 5.23. The quantitative estimate of drug-likeness (QED) is 0.752. The second-order valence-corrected chi connectivity index (χ2v) is 7.66. The summed E-state index contributed by atoms with van der Waals surface area (Å²) in [6, 6.07) is 9.41. The van der Waals surface area contributed by atoms with Crippen molar-refractivity contribution in [2.75, 3.05) is 26.4 Å². The molecule has 166 valence electrons. The summed E-state index contributed by atoms with van der Waals surface area (Å²) in [4.78, 5) is 14.5. The number of morpholine rings is 1. The molecular formula is C22H23F3N2O4. The Labute approximate surface area is 177 Å². The number of aryl methyl sites for hydroxylation is 1. The number of carbonyl (C=O) groups is 1. The molecule has 31 heavy (non-hydrogen) atoms. The lowest BCUT2D eigenvalue weighted by Crippen LogP contribution is -2.44. The minimum absolute atomic E-state index is 0.1000. The molecule has 1 amide bonds. The Kier molecular flexibility index (Phi) is 6.06. The number of fused-ring (bicyclic) bond motifs is 1. The molecule has 2 aromatic rings. The highest BCUT2D eigenvalue weighted by Crippen LogP contribution is 2.31. The number of hydrogen-bond donors (Lipinski definition) is 1. The summed E-state index contributed by atoms with van der Waals surface area (Å²) in [6.07, 6.45) is -4.73. The molecule has 0 aliphatic carbocycles. The number of carbonyl (C=O) groups excluding carboxylic acids is 1. The number of ether oxygens (including phenoxy) is 3. The van der Waals surface area contributed by atoms with Gasteiger partial charge in [0.05, 0.1) is 19.3 Å². The van der Waals surface area contributed by atoms with Gasteiger partial charge in [0.15, 0.2) is 0 Å². The lowest BCUT2D eigenvalue weighted by atomic mass is 10.0. The molecule has 2 aliphatic heterocycles. The van der Waals surface area contributed by atoms with E-state index in [1.165, 1.54) is 24.3 Å². The van der Waals surface area contributed by atoms with Crippen LogP contribution < -0.4 is 14.8 Å². The van der Waals surface area contributed by atoms with Crippen LogP contribution in [0.5, 0.6) is 11.5 Å². The first-order valence-electron chi connectivity index (χ1n) is 10.00. The van der Waals surface area contributed by atoms with Crippen molar-refractivity contribution in [1.29, 1.82) is 0 Å². The van der Waals surface area contributed by atoms with Crippen LogP contribution in [0.3, 0.4) is 0 Å². The summed E-state index contributed by atoms with van der Waals surface area (Å²) in [5.41, 5.74) is 3.09. The summed E-state index contributed by atoms with van der Waals surface area (Å²) in [6.45, 7) is 5.15. The molecule has 2 aliphatic rings. The van der Waals surface area contributed by atoms with Crippen LogP contribution >= 0.6 is 0 Å². The molecule has 1 fully saturated rings. The Balaban J connectivity index is 1.40. The molecule has 0 spiro atoms. The number of halogens is 3. The largest absolute Gasteiger partial charge is 0.573 e. The lowest BCUT2D eigenvalue weighted by Gasteiger charge is -2.24. The minimum Gasteiger partial charge on any atom is -0.492 e. The van der Waals surface area contributed by atoms with Gasteiger partial charge in [0, 0.05) is 25.2 Å². The molecule has 0 saturated carbocycles. The second-order valence-electron chi connectivity index (χ2n) is 7.66. The first kappa shape index (κ1) is 21.5. The standard InChI is InChI=1S/C22H23F3N2O4/c1-14-8-19(30-13-17-12-29-7-6-26-17)9-16-11-27(21(28)20(14)16)10-15-2-4-18(5-3-15)31-22(23,24)25/h2-5,8-9,17,26H,6-7,10-13H2,1H3. The summed E-state index contributed by atoms with van der Waals surface area (Å²) in [5.74, 6) is 0.312. The number of alkyl halides is 3. The van der Waals surface area contributed by atoms with Gasteiger partial charge < -0.3 is 24.4 Å². The van der Waals surface area contributed by atoms with E-state index in [9.17, 15) is 18.0 Å². The highest BCUT2D eigenvalue weighted by atomic mass is 19.4. The number of nitrogens with zero attached hydrogens (tertiary/aromatic N) is 1.